The van der Waals surface area contributed by atoms with E-state index in [0.29, 0.717) is 5.82 Å². The van der Waals surface area contributed by atoms with Crippen LogP contribution in [0, 0.1) is 0 Å². The van der Waals surface area contributed by atoms with Crippen LogP contribution in [0.1, 0.15) is 24.8 Å². The van der Waals surface area contributed by atoms with Gasteiger partial charge in [-0.3, -0.25) is 9.78 Å². The zero-order chi connectivity index (χ0) is 15.9. The van der Waals surface area contributed by atoms with E-state index in [9.17, 15) is 4.79 Å². The van der Waals surface area contributed by atoms with Crippen molar-refractivity contribution in [2.75, 3.05) is 23.3 Å². The van der Waals surface area contributed by atoms with Gasteiger partial charge in [0.1, 0.15) is 5.82 Å². The van der Waals surface area contributed by atoms with Crippen LogP contribution in [0.5, 0.6) is 0 Å². The number of nitrogens with one attached hydrogen (secondary N) is 1. The number of carbonyl (C=O) groups is 1. The number of carbonyl (C=O) groups excluding carboxylic acids is 1. The van der Waals surface area contributed by atoms with E-state index in [4.69, 9.17) is 0 Å². The lowest BCUT2D eigenvalue weighted by Crippen LogP contribution is -2.29. The van der Waals surface area contributed by atoms with E-state index in [1.165, 1.54) is 25.3 Å². The van der Waals surface area contributed by atoms with E-state index >= 15 is 0 Å². The lowest BCUT2D eigenvalue weighted by atomic mass is 10.1. The molecule has 0 aromatic carbocycles. The minimum absolute atomic E-state index is 0.194. The Balaban J connectivity index is 1.57. The summed E-state index contributed by atoms with van der Waals surface area (Å²) in [5, 5.41) is 2.77. The van der Waals surface area contributed by atoms with Crippen LogP contribution < -0.4 is 10.2 Å². The highest BCUT2D eigenvalue weighted by atomic mass is 16.1. The molecule has 1 aliphatic rings. The molecule has 1 saturated heterocycles. The maximum absolute atomic E-state index is 11.9. The average Bonchev–Trinajstić information content (AvgIpc) is 2.62. The first-order chi connectivity index (χ1) is 11.3. The second kappa shape index (κ2) is 7.54. The Morgan fingerprint density at radius 3 is 2.57 bits per heavy atom. The Morgan fingerprint density at radius 1 is 1.09 bits per heavy atom. The van der Waals surface area contributed by atoms with Gasteiger partial charge in [-0.2, -0.15) is 0 Å². The Hall–Kier alpha value is -2.69. The molecule has 5 nitrogen and oxygen atoms in total. The molecule has 2 aromatic heterocycles. The maximum Gasteiger partial charge on any atom is 0.249 e. The molecule has 0 unspecified atom stereocenters. The van der Waals surface area contributed by atoms with Gasteiger partial charge in [-0.05, 0) is 55.2 Å². The average molecular weight is 308 g/mol. The first-order valence-electron chi connectivity index (χ1n) is 7.91. The molecule has 0 aliphatic carbocycles. The largest absolute Gasteiger partial charge is 0.370 e. The molecule has 1 amide bonds. The van der Waals surface area contributed by atoms with Crippen LogP contribution >= 0.6 is 0 Å². The Morgan fingerprint density at radius 2 is 1.87 bits per heavy atom. The number of rotatable bonds is 4. The number of hydrogen-bond acceptors (Lipinski definition) is 4. The predicted octanol–water partition coefficient (Wildman–Crippen LogP) is 3.12. The van der Waals surface area contributed by atoms with E-state index in [1.807, 2.05) is 30.5 Å². The van der Waals surface area contributed by atoms with Gasteiger partial charge in [0.05, 0.1) is 11.9 Å². The number of piperidine rings is 1. The number of hydrogen-bond donors (Lipinski definition) is 1. The monoisotopic (exact) mass is 308 g/mol. The van der Waals surface area contributed by atoms with Gasteiger partial charge >= 0.3 is 0 Å². The molecular weight excluding hydrogens is 288 g/mol. The quantitative estimate of drug-likeness (QED) is 0.882. The Bertz CT molecular complexity index is 661. The van der Waals surface area contributed by atoms with Gasteiger partial charge in [-0.15, -0.1) is 0 Å². The smallest absolute Gasteiger partial charge is 0.249 e. The fraction of sp³-hybridized carbons (Fsp3) is 0.278. The molecule has 3 heterocycles. The molecular formula is C18H20N4O. The van der Waals surface area contributed by atoms with Crippen LogP contribution in [0.15, 0.2) is 48.9 Å². The summed E-state index contributed by atoms with van der Waals surface area (Å²) in [6, 6.07) is 7.55. The van der Waals surface area contributed by atoms with Crippen LogP contribution in [0.3, 0.4) is 0 Å². The third-order valence-corrected chi connectivity index (χ3v) is 3.85. The summed E-state index contributed by atoms with van der Waals surface area (Å²) in [5.41, 5.74) is 2.05. The number of amides is 1. The van der Waals surface area contributed by atoms with Crippen molar-refractivity contribution in [3.63, 3.8) is 0 Å². The van der Waals surface area contributed by atoms with Gasteiger partial charge in [0, 0.05) is 31.6 Å². The van der Waals surface area contributed by atoms with E-state index in [0.717, 1.165) is 24.3 Å². The van der Waals surface area contributed by atoms with Crippen molar-refractivity contribution in [2.45, 2.75) is 19.3 Å². The molecule has 1 aliphatic heterocycles. The lowest BCUT2D eigenvalue weighted by Gasteiger charge is -2.28. The van der Waals surface area contributed by atoms with Crippen LogP contribution in [-0.2, 0) is 4.79 Å². The Kier molecular flexibility index (Phi) is 4.99. The molecule has 0 atom stereocenters. The van der Waals surface area contributed by atoms with Crippen LogP contribution in [0.25, 0.3) is 6.08 Å². The summed E-state index contributed by atoms with van der Waals surface area (Å²) in [6.07, 6.45) is 12.2. The first-order valence-corrected chi connectivity index (χ1v) is 7.91. The lowest BCUT2D eigenvalue weighted by molar-refractivity contribution is -0.111. The predicted molar refractivity (Wildman–Crippen MR) is 92.2 cm³/mol. The number of pyridine rings is 2. The number of aromatic nitrogens is 2. The summed E-state index contributed by atoms with van der Waals surface area (Å²) >= 11 is 0. The summed E-state index contributed by atoms with van der Waals surface area (Å²) in [7, 11) is 0. The van der Waals surface area contributed by atoms with Gasteiger partial charge in [0.25, 0.3) is 0 Å². The SMILES string of the molecule is O=C(/C=C\c1ccncc1)Nc1ccc(N2CCCCC2)cn1. The third-order valence-electron chi connectivity index (χ3n) is 3.85. The highest BCUT2D eigenvalue weighted by molar-refractivity contribution is 6.01. The molecule has 1 N–H and O–H groups in total. The van der Waals surface area contributed by atoms with E-state index < -0.39 is 0 Å². The molecule has 1 fully saturated rings. The highest BCUT2D eigenvalue weighted by Crippen LogP contribution is 2.19. The van der Waals surface area contributed by atoms with Crippen LogP contribution in [0.4, 0.5) is 11.5 Å². The van der Waals surface area contributed by atoms with Crippen molar-refractivity contribution >= 4 is 23.5 Å². The molecule has 0 bridgehead atoms. The molecule has 23 heavy (non-hydrogen) atoms. The zero-order valence-corrected chi connectivity index (χ0v) is 13.0. The summed E-state index contributed by atoms with van der Waals surface area (Å²) in [4.78, 5) is 22.5. The van der Waals surface area contributed by atoms with Gasteiger partial charge < -0.3 is 10.2 Å². The summed E-state index contributed by atoms with van der Waals surface area (Å²) < 4.78 is 0. The van der Waals surface area contributed by atoms with Crippen molar-refractivity contribution in [3.05, 3.63) is 54.5 Å². The summed E-state index contributed by atoms with van der Waals surface area (Å²) in [5.74, 6) is 0.371. The van der Waals surface area contributed by atoms with Gasteiger partial charge in [-0.25, -0.2) is 4.98 Å². The number of anilines is 2. The molecule has 118 valence electrons. The molecule has 0 spiro atoms. The fourth-order valence-corrected chi connectivity index (χ4v) is 2.61. The summed E-state index contributed by atoms with van der Waals surface area (Å²) in [6.45, 7) is 2.17. The molecule has 0 saturated carbocycles. The minimum Gasteiger partial charge on any atom is -0.370 e. The molecule has 2 aromatic rings. The zero-order valence-electron chi connectivity index (χ0n) is 13.0. The second-order valence-electron chi connectivity index (χ2n) is 5.55. The molecule has 5 heteroatoms. The van der Waals surface area contributed by atoms with Gasteiger partial charge in [0.15, 0.2) is 0 Å². The fourth-order valence-electron chi connectivity index (χ4n) is 2.61. The highest BCUT2D eigenvalue weighted by Gasteiger charge is 2.11. The van der Waals surface area contributed by atoms with Crippen molar-refractivity contribution in [3.8, 4) is 0 Å². The van der Waals surface area contributed by atoms with Crippen molar-refractivity contribution in [1.29, 1.82) is 0 Å². The molecule has 0 radical (unpaired) electrons. The first kappa shape index (κ1) is 15.2. The van der Waals surface area contributed by atoms with Crippen molar-refractivity contribution in [1.82, 2.24) is 9.97 Å². The van der Waals surface area contributed by atoms with E-state index in [2.05, 4.69) is 20.2 Å². The third kappa shape index (κ3) is 4.39. The Labute approximate surface area is 136 Å². The van der Waals surface area contributed by atoms with Crippen LogP contribution in [0.2, 0.25) is 0 Å². The number of nitrogens with zero attached hydrogens (tertiary/aromatic N) is 3. The topological polar surface area (TPSA) is 58.1 Å². The maximum atomic E-state index is 11.9. The molecule has 3 rings (SSSR count). The second-order valence-corrected chi connectivity index (χ2v) is 5.55. The standard InChI is InChI=1S/C18H20N4O/c23-18(7-4-15-8-10-19-11-9-15)21-17-6-5-16(14-20-17)22-12-2-1-3-13-22/h4-11,14H,1-3,12-13H2,(H,20,21,23)/b7-4-. The van der Waals surface area contributed by atoms with E-state index in [-0.39, 0.29) is 5.91 Å². The van der Waals surface area contributed by atoms with Gasteiger partial charge in [0.2, 0.25) is 5.91 Å². The van der Waals surface area contributed by atoms with Gasteiger partial charge in [-0.1, -0.05) is 0 Å². The van der Waals surface area contributed by atoms with Crippen molar-refractivity contribution in [2.24, 2.45) is 0 Å². The normalized spacial score (nSPS) is 14.9. The van der Waals surface area contributed by atoms with E-state index in [1.54, 1.807) is 18.5 Å². The minimum atomic E-state index is -0.194. The van der Waals surface area contributed by atoms with Crippen LogP contribution in [-0.4, -0.2) is 29.0 Å². The van der Waals surface area contributed by atoms with Crippen molar-refractivity contribution < 1.29 is 4.79 Å².